The van der Waals surface area contributed by atoms with Crippen molar-refractivity contribution in [2.45, 2.75) is 13.3 Å². The van der Waals surface area contributed by atoms with E-state index < -0.39 is 0 Å². The molecule has 1 aliphatic carbocycles. The molecular weight excluding hydrogens is 192 g/mol. The van der Waals surface area contributed by atoms with Crippen LogP contribution in [0.2, 0.25) is 0 Å². The normalized spacial score (nSPS) is 20.3. The molecule has 1 aliphatic rings. The summed E-state index contributed by atoms with van der Waals surface area (Å²) in [7, 11) is 0. The Morgan fingerprint density at radius 1 is 1.12 bits per heavy atom. The van der Waals surface area contributed by atoms with Gasteiger partial charge in [-0.3, -0.25) is 0 Å². The summed E-state index contributed by atoms with van der Waals surface area (Å²) in [5.74, 6) is 0. The minimum atomic E-state index is 1.04. The molecule has 0 N–H and O–H groups in total. The van der Waals surface area contributed by atoms with E-state index >= 15 is 0 Å². The van der Waals surface area contributed by atoms with E-state index in [1.807, 2.05) is 13.0 Å². The van der Waals surface area contributed by atoms with Crippen molar-refractivity contribution in [3.05, 3.63) is 77.4 Å². The van der Waals surface area contributed by atoms with E-state index in [4.69, 9.17) is 0 Å². The molecule has 1 aromatic carbocycles. The Morgan fingerprint density at radius 2 is 1.94 bits per heavy atom. The highest BCUT2D eigenvalue weighted by atomic mass is 14.1. The molecule has 0 nitrogen and oxygen atoms in total. The average molecular weight is 208 g/mol. The Balaban J connectivity index is 2.26. The summed E-state index contributed by atoms with van der Waals surface area (Å²) in [5, 5.41) is 0. The van der Waals surface area contributed by atoms with Crippen LogP contribution in [0.4, 0.5) is 0 Å². The third-order valence-corrected chi connectivity index (χ3v) is 2.62. The van der Waals surface area contributed by atoms with Gasteiger partial charge in [0.2, 0.25) is 0 Å². The van der Waals surface area contributed by atoms with Gasteiger partial charge >= 0.3 is 0 Å². The summed E-state index contributed by atoms with van der Waals surface area (Å²) in [6.07, 6.45) is 14.0. The summed E-state index contributed by atoms with van der Waals surface area (Å²) < 4.78 is 0. The van der Waals surface area contributed by atoms with E-state index in [1.165, 1.54) is 16.7 Å². The van der Waals surface area contributed by atoms with Crippen LogP contribution in [0.5, 0.6) is 0 Å². The topological polar surface area (TPSA) is 0 Å². The molecule has 2 rings (SSSR count). The maximum absolute atomic E-state index is 2.23. The van der Waals surface area contributed by atoms with E-state index in [1.54, 1.807) is 0 Å². The Morgan fingerprint density at radius 3 is 2.69 bits per heavy atom. The van der Waals surface area contributed by atoms with Crippen LogP contribution in [0.3, 0.4) is 0 Å². The lowest BCUT2D eigenvalue weighted by Gasteiger charge is -2.00. The first-order valence-corrected chi connectivity index (χ1v) is 5.65. The van der Waals surface area contributed by atoms with E-state index in [0.29, 0.717) is 0 Å². The minimum absolute atomic E-state index is 1.04. The Hall–Kier alpha value is -1.82. The zero-order chi connectivity index (χ0) is 11.2. The van der Waals surface area contributed by atoms with Gasteiger partial charge in [-0.2, -0.15) is 0 Å². The van der Waals surface area contributed by atoms with Crippen LogP contribution in [-0.4, -0.2) is 0 Å². The van der Waals surface area contributed by atoms with Crippen molar-refractivity contribution in [1.82, 2.24) is 0 Å². The molecule has 0 aromatic heterocycles. The van der Waals surface area contributed by atoms with Gasteiger partial charge in [-0.05, 0) is 36.1 Å². The predicted octanol–water partition coefficient (Wildman–Crippen LogP) is 4.53. The predicted molar refractivity (Wildman–Crippen MR) is 71.1 cm³/mol. The molecule has 0 heteroatoms. The quantitative estimate of drug-likeness (QED) is 0.669. The third-order valence-electron chi connectivity index (χ3n) is 2.62. The lowest BCUT2D eigenvalue weighted by molar-refractivity contribution is 1.32. The molecule has 0 heterocycles. The second kappa shape index (κ2) is 5.32. The van der Waals surface area contributed by atoms with Crippen molar-refractivity contribution in [3.63, 3.8) is 0 Å². The number of hydrogen-bond acceptors (Lipinski definition) is 0. The standard InChI is InChI=1S/C16H16/c1-2-3-10-15-11-7-12-16(15)13-14-8-5-4-6-9-14/h2-10,12-13H,11H2,1H3/b3-2+,15-10-,16-13-. The molecule has 0 saturated carbocycles. The van der Waals surface area contributed by atoms with Gasteiger partial charge in [-0.15, -0.1) is 0 Å². The fourth-order valence-corrected chi connectivity index (χ4v) is 1.78. The van der Waals surface area contributed by atoms with Crippen LogP contribution < -0.4 is 0 Å². The highest BCUT2D eigenvalue weighted by Crippen LogP contribution is 2.25. The SMILES string of the molecule is C/C=C/C=C1/CC=C/C1=C/c1ccccc1. The number of allylic oxidation sites excluding steroid dienone is 7. The molecule has 0 bridgehead atoms. The monoisotopic (exact) mass is 208 g/mol. The maximum atomic E-state index is 2.23. The summed E-state index contributed by atoms with van der Waals surface area (Å²) in [5.41, 5.74) is 3.97. The zero-order valence-corrected chi connectivity index (χ0v) is 9.56. The first-order chi connectivity index (χ1) is 7.90. The molecule has 80 valence electrons. The second-order valence-electron chi connectivity index (χ2n) is 3.83. The Labute approximate surface area is 97.3 Å². The number of benzene rings is 1. The molecule has 0 saturated heterocycles. The summed E-state index contributed by atoms with van der Waals surface area (Å²) >= 11 is 0. The molecule has 0 fully saturated rings. The van der Waals surface area contributed by atoms with Gasteiger partial charge in [0.15, 0.2) is 0 Å². The van der Waals surface area contributed by atoms with Gasteiger partial charge in [-0.1, -0.05) is 60.7 Å². The van der Waals surface area contributed by atoms with E-state index in [0.717, 1.165) is 6.42 Å². The van der Waals surface area contributed by atoms with Crippen molar-refractivity contribution in [3.8, 4) is 0 Å². The van der Waals surface area contributed by atoms with Crippen molar-refractivity contribution in [2.24, 2.45) is 0 Å². The molecule has 0 radical (unpaired) electrons. The van der Waals surface area contributed by atoms with Gasteiger partial charge in [0.05, 0.1) is 0 Å². The van der Waals surface area contributed by atoms with Gasteiger partial charge in [0.1, 0.15) is 0 Å². The summed E-state index contributed by atoms with van der Waals surface area (Å²) in [4.78, 5) is 0. The van der Waals surface area contributed by atoms with Gasteiger partial charge in [0.25, 0.3) is 0 Å². The van der Waals surface area contributed by atoms with Crippen LogP contribution in [0.1, 0.15) is 18.9 Å². The van der Waals surface area contributed by atoms with Crippen LogP contribution in [-0.2, 0) is 0 Å². The second-order valence-corrected chi connectivity index (χ2v) is 3.83. The smallest absolute Gasteiger partial charge is 0.00882 e. The lowest BCUT2D eigenvalue weighted by atomic mass is 10.1. The lowest BCUT2D eigenvalue weighted by Crippen LogP contribution is -1.79. The third kappa shape index (κ3) is 2.60. The largest absolute Gasteiger partial charge is 0.0877 e. The van der Waals surface area contributed by atoms with E-state index in [-0.39, 0.29) is 0 Å². The maximum Gasteiger partial charge on any atom is -0.00882 e. The molecule has 0 amide bonds. The van der Waals surface area contributed by atoms with Crippen molar-refractivity contribution < 1.29 is 0 Å². The fraction of sp³-hybridized carbons (Fsp3) is 0.125. The van der Waals surface area contributed by atoms with Crippen molar-refractivity contribution in [2.75, 3.05) is 0 Å². The first-order valence-electron chi connectivity index (χ1n) is 5.65. The van der Waals surface area contributed by atoms with Crippen molar-refractivity contribution >= 4 is 6.08 Å². The van der Waals surface area contributed by atoms with Crippen LogP contribution in [0, 0.1) is 0 Å². The van der Waals surface area contributed by atoms with Gasteiger partial charge in [-0.25, -0.2) is 0 Å². The summed E-state index contributed by atoms with van der Waals surface area (Å²) in [6.45, 7) is 2.04. The molecule has 0 aliphatic heterocycles. The molecule has 1 aromatic rings. The number of rotatable bonds is 2. The molecule has 16 heavy (non-hydrogen) atoms. The van der Waals surface area contributed by atoms with E-state index in [9.17, 15) is 0 Å². The molecular formula is C16H16. The molecule has 0 atom stereocenters. The fourth-order valence-electron chi connectivity index (χ4n) is 1.78. The average Bonchev–Trinajstić information content (AvgIpc) is 2.75. The first kappa shape index (κ1) is 10.7. The number of hydrogen-bond donors (Lipinski definition) is 0. The van der Waals surface area contributed by atoms with Crippen LogP contribution in [0.15, 0.2) is 71.9 Å². The van der Waals surface area contributed by atoms with Gasteiger partial charge < -0.3 is 0 Å². The van der Waals surface area contributed by atoms with Crippen LogP contribution >= 0.6 is 0 Å². The molecule has 0 spiro atoms. The Bertz CT molecular complexity index is 456. The van der Waals surface area contributed by atoms with Gasteiger partial charge in [0, 0.05) is 0 Å². The highest BCUT2D eigenvalue weighted by molar-refractivity contribution is 5.65. The molecule has 0 unspecified atom stereocenters. The van der Waals surface area contributed by atoms with Crippen molar-refractivity contribution in [1.29, 1.82) is 0 Å². The Kier molecular flexibility index (Phi) is 3.55. The highest BCUT2D eigenvalue weighted by Gasteiger charge is 2.05. The summed E-state index contributed by atoms with van der Waals surface area (Å²) in [6, 6.07) is 10.4. The minimum Gasteiger partial charge on any atom is -0.0877 e. The van der Waals surface area contributed by atoms with Crippen LogP contribution in [0.25, 0.3) is 6.08 Å². The zero-order valence-electron chi connectivity index (χ0n) is 9.56. The van der Waals surface area contributed by atoms with E-state index in [2.05, 4.69) is 60.7 Å².